The number of rotatable bonds is 6. The summed E-state index contributed by atoms with van der Waals surface area (Å²) in [7, 11) is 0. The van der Waals surface area contributed by atoms with E-state index in [2.05, 4.69) is 0 Å². The number of anilines is 1. The van der Waals surface area contributed by atoms with E-state index in [0.717, 1.165) is 16.7 Å². The molecule has 0 bridgehead atoms. The van der Waals surface area contributed by atoms with Crippen molar-refractivity contribution in [3.63, 3.8) is 0 Å². The molecule has 3 rings (SSSR count). The SMILES string of the molecule is Nc1ccccc1CN(Cc1ccccc1)C(=O)/C=C/c1ccccc1. The molecular formula is C23H22N2O. The topological polar surface area (TPSA) is 46.3 Å². The Morgan fingerprint density at radius 3 is 2.12 bits per heavy atom. The van der Waals surface area contributed by atoms with Crippen LogP contribution in [-0.2, 0) is 17.9 Å². The fraction of sp³-hybridized carbons (Fsp3) is 0.0870. The first-order valence-corrected chi connectivity index (χ1v) is 8.62. The lowest BCUT2D eigenvalue weighted by Crippen LogP contribution is -2.28. The molecule has 26 heavy (non-hydrogen) atoms. The highest BCUT2D eigenvalue weighted by molar-refractivity contribution is 5.91. The number of amides is 1. The standard InChI is InChI=1S/C23H22N2O/c24-22-14-8-7-13-21(22)18-25(17-20-11-5-2-6-12-20)23(26)16-15-19-9-3-1-4-10-19/h1-16H,17-18,24H2/b16-15+. The van der Waals surface area contributed by atoms with Gasteiger partial charge in [-0.25, -0.2) is 0 Å². The van der Waals surface area contributed by atoms with Crippen LogP contribution in [0, 0.1) is 0 Å². The first-order valence-electron chi connectivity index (χ1n) is 8.62. The third-order valence-corrected chi connectivity index (χ3v) is 4.16. The number of nitrogens with zero attached hydrogens (tertiary/aromatic N) is 1. The van der Waals surface area contributed by atoms with Crippen LogP contribution in [0.25, 0.3) is 6.08 Å². The van der Waals surface area contributed by atoms with E-state index < -0.39 is 0 Å². The van der Waals surface area contributed by atoms with E-state index in [0.29, 0.717) is 18.8 Å². The van der Waals surface area contributed by atoms with Gasteiger partial charge in [-0.05, 0) is 28.8 Å². The molecule has 3 aromatic rings. The number of hydrogen-bond acceptors (Lipinski definition) is 2. The summed E-state index contributed by atoms with van der Waals surface area (Å²) in [6.07, 6.45) is 3.46. The highest BCUT2D eigenvalue weighted by Crippen LogP contribution is 2.16. The van der Waals surface area contributed by atoms with E-state index in [-0.39, 0.29) is 5.91 Å². The lowest BCUT2D eigenvalue weighted by molar-refractivity contribution is -0.127. The average Bonchev–Trinajstić information content (AvgIpc) is 2.69. The lowest BCUT2D eigenvalue weighted by atomic mass is 10.1. The predicted molar refractivity (Wildman–Crippen MR) is 107 cm³/mol. The zero-order valence-electron chi connectivity index (χ0n) is 14.6. The Bertz CT molecular complexity index is 873. The molecule has 2 N–H and O–H groups in total. The number of nitrogen functional groups attached to an aromatic ring is 1. The van der Waals surface area contributed by atoms with Crippen LogP contribution in [0.5, 0.6) is 0 Å². The van der Waals surface area contributed by atoms with Crippen LogP contribution in [0.2, 0.25) is 0 Å². The smallest absolute Gasteiger partial charge is 0.247 e. The Balaban J connectivity index is 1.81. The normalized spacial score (nSPS) is 10.8. The Labute approximate surface area is 154 Å². The van der Waals surface area contributed by atoms with Crippen molar-refractivity contribution in [2.24, 2.45) is 0 Å². The quantitative estimate of drug-likeness (QED) is 0.529. The van der Waals surface area contributed by atoms with Gasteiger partial charge in [0, 0.05) is 24.9 Å². The number of hydrogen-bond donors (Lipinski definition) is 1. The van der Waals surface area contributed by atoms with Gasteiger partial charge >= 0.3 is 0 Å². The van der Waals surface area contributed by atoms with Crippen LogP contribution in [0.3, 0.4) is 0 Å². The molecule has 0 aliphatic carbocycles. The highest BCUT2D eigenvalue weighted by atomic mass is 16.2. The number of carbonyl (C=O) groups is 1. The Hall–Kier alpha value is -3.33. The van der Waals surface area contributed by atoms with Gasteiger partial charge in [-0.1, -0.05) is 78.9 Å². The Kier molecular flexibility index (Phi) is 5.84. The van der Waals surface area contributed by atoms with Crippen LogP contribution in [0.1, 0.15) is 16.7 Å². The number of benzene rings is 3. The second-order valence-corrected chi connectivity index (χ2v) is 6.12. The van der Waals surface area contributed by atoms with E-state index in [9.17, 15) is 4.79 Å². The summed E-state index contributed by atoms with van der Waals surface area (Å²) in [6.45, 7) is 1.01. The van der Waals surface area contributed by atoms with Crippen LogP contribution in [0.4, 0.5) is 5.69 Å². The molecule has 0 saturated heterocycles. The Morgan fingerprint density at radius 2 is 1.42 bits per heavy atom. The summed E-state index contributed by atoms with van der Waals surface area (Å²) in [5, 5.41) is 0. The van der Waals surface area contributed by atoms with Gasteiger partial charge in [0.05, 0.1) is 0 Å². The average molecular weight is 342 g/mol. The van der Waals surface area contributed by atoms with Gasteiger partial charge in [-0.2, -0.15) is 0 Å². The minimum absolute atomic E-state index is 0.0408. The van der Waals surface area contributed by atoms with Crippen molar-refractivity contribution in [2.75, 3.05) is 5.73 Å². The summed E-state index contributed by atoms with van der Waals surface area (Å²) in [5.41, 5.74) is 9.81. The van der Waals surface area contributed by atoms with Crippen molar-refractivity contribution >= 4 is 17.7 Å². The number of nitrogens with two attached hydrogens (primary N) is 1. The van der Waals surface area contributed by atoms with Gasteiger partial charge < -0.3 is 10.6 Å². The maximum absolute atomic E-state index is 12.8. The van der Waals surface area contributed by atoms with Gasteiger partial charge in [-0.3, -0.25) is 4.79 Å². The molecular weight excluding hydrogens is 320 g/mol. The molecule has 0 fully saturated rings. The molecule has 3 nitrogen and oxygen atoms in total. The van der Waals surface area contributed by atoms with Gasteiger partial charge in [0.15, 0.2) is 0 Å². The van der Waals surface area contributed by atoms with Crippen molar-refractivity contribution in [3.8, 4) is 0 Å². The van der Waals surface area contributed by atoms with Gasteiger partial charge in [0.1, 0.15) is 0 Å². The van der Waals surface area contributed by atoms with Crippen molar-refractivity contribution in [3.05, 3.63) is 108 Å². The first-order chi connectivity index (χ1) is 12.7. The Morgan fingerprint density at radius 1 is 0.808 bits per heavy atom. The van der Waals surface area contributed by atoms with E-state index in [1.54, 1.807) is 11.0 Å². The first kappa shape index (κ1) is 17.5. The van der Waals surface area contributed by atoms with Gasteiger partial charge in [-0.15, -0.1) is 0 Å². The second kappa shape index (κ2) is 8.67. The molecule has 1 amide bonds. The summed E-state index contributed by atoms with van der Waals surface area (Å²) in [6, 6.07) is 27.5. The van der Waals surface area contributed by atoms with E-state index >= 15 is 0 Å². The molecule has 3 heteroatoms. The third-order valence-electron chi connectivity index (χ3n) is 4.16. The van der Waals surface area contributed by atoms with E-state index in [4.69, 9.17) is 5.73 Å². The van der Waals surface area contributed by atoms with Crippen molar-refractivity contribution in [1.29, 1.82) is 0 Å². The summed E-state index contributed by atoms with van der Waals surface area (Å²) >= 11 is 0. The van der Waals surface area contributed by atoms with Crippen LogP contribution in [-0.4, -0.2) is 10.8 Å². The minimum Gasteiger partial charge on any atom is -0.398 e. The molecule has 0 aliphatic heterocycles. The lowest BCUT2D eigenvalue weighted by Gasteiger charge is -2.22. The molecule has 0 unspecified atom stereocenters. The molecule has 0 aromatic heterocycles. The molecule has 0 atom stereocenters. The summed E-state index contributed by atoms with van der Waals surface area (Å²) in [4.78, 5) is 14.6. The molecule has 3 aromatic carbocycles. The van der Waals surface area contributed by atoms with Crippen LogP contribution in [0.15, 0.2) is 91.0 Å². The largest absolute Gasteiger partial charge is 0.398 e. The molecule has 130 valence electrons. The molecule has 0 spiro atoms. The maximum atomic E-state index is 12.8. The number of para-hydroxylation sites is 1. The van der Waals surface area contributed by atoms with E-state index in [1.165, 1.54) is 0 Å². The van der Waals surface area contributed by atoms with E-state index in [1.807, 2.05) is 91.0 Å². The molecule has 0 saturated carbocycles. The van der Waals surface area contributed by atoms with Crippen molar-refractivity contribution in [1.82, 2.24) is 4.90 Å². The zero-order chi connectivity index (χ0) is 18.2. The van der Waals surface area contributed by atoms with Crippen LogP contribution >= 0.6 is 0 Å². The number of carbonyl (C=O) groups excluding carboxylic acids is 1. The summed E-state index contributed by atoms with van der Waals surface area (Å²) in [5.74, 6) is -0.0408. The summed E-state index contributed by atoms with van der Waals surface area (Å²) < 4.78 is 0. The zero-order valence-corrected chi connectivity index (χ0v) is 14.6. The molecule has 0 radical (unpaired) electrons. The fourth-order valence-corrected chi connectivity index (χ4v) is 2.74. The maximum Gasteiger partial charge on any atom is 0.247 e. The van der Waals surface area contributed by atoms with Gasteiger partial charge in [0.2, 0.25) is 5.91 Å². The highest BCUT2D eigenvalue weighted by Gasteiger charge is 2.13. The molecule has 0 aliphatic rings. The predicted octanol–water partition coefficient (Wildman–Crippen LogP) is 4.51. The second-order valence-electron chi connectivity index (χ2n) is 6.12. The van der Waals surface area contributed by atoms with Crippen molar-refractivity contribution < 1.29 is 4.79 Å². The minimum atomic E-state index is -0.0408. The van der Waals surface area contributed by atoms with Crippen LogP contribution < -0.4 is 5.73 Å². The molecule has 0 heterocycles. The monoisotopic (exact) mass is 342 g/mol. The fourth-order valence-electron chi connectivity index (χ4n) is 2.74. The van der Waals surface area contributed by atoms with Gasteiger partial charge in [0.25, 0.3) is 0 Å². The van der Waals surface area contributed by atoms with Crippen molar-refractivity contribution in [2.45, 2.75) is 13.1 Å². The third kappa shape index (κ3) is 4.84.